The molecule has 1 heterocycles. The maximum absolute atomic E-state index is 12.5. The van der Waals surface area contributed by atoms with E-state index in [1.165, 1.54) is 0 Å². The van der Waals surface area contributed by atoms with Gasteiger partial charge in [0.1, 0.15) is 0 Å². The van der Waals surface area contributed by atoms with Crippen LogP contribution in [-0.2, 0) is 11.2 Å². The van der Waals surface area contributed by atoms with Crippen molar-refractivity contribution in [1.29, 1.82) is 0 Å². The molecule has 4 nitrogen and oxygen atoms in total. The van der Waals surface area contributed by atoms with E-state index in [0.29, 0.717) is 19.0 Å². The van der Waals surface area contributed by atoms with Crippen LogP contribution in [0.5, 0.6) is 0 Å². The fourth-order valence-electron chi connectivity index (χ4n) is 2.78. The zero-order chi connectivity index (χ0) is 14.8. The molecule has 1 fully saturated rings. The molecule has 110 valence electrons. The minimum absolute atomic E-state index is 0.0303. The third kappa shape index (κ3) is 2.85. The van der Waals surface area contributed by atoms with Crippen molar-refractivity contribution in [3.63, 3.8) is 0 Å². The molecule has 0 spiro atoms. The lowest BCUT2D eigenvalue weighted by Crippen LogP contribution is -2.46. The standard InChI is InChI=1S/C17H21N3O/c1-2-9-20(13-7-8-13)17(21)15(18)10-12-11-19-16-6-4-3-5-14(12)16/h2-6,11,13,15,19H,1,7-10,18H2. The van der Waals surface area contributed by atoms with E-state index in [-0.39, 0.29) is 5.91 Å². The first-order chi connectivity index (χ1) is 10.2. The third-order valence-corrected chi connectivity index (χ3v) is 4.03. The SMILES string of the molecule is C=CCN(C(=O)C(N)Cc1c[nH]c2ccccc12)C1CC1. The molecule has 1 atom stereocenters. The molecule has 0 aliphatic heterocycles. The molecule has 4 heteroatoms. The van der Waals surface area contributed by atoms with E-state index < -0.39 is 6.04 Å². The highest BCUT2D eigenvalue weighted by molar-refractivity contribution is 5.86. The van der Waals surface area contributed by atoms with Gasteiger partial charge in [0.05, 0.1) is 6.04 Å². The van der Waals surface area contributed by atoms with Gasteiger partial charge >= 0.3 is 0 Å². The number of H-pyrrole nitrogens is 1. The van der Waals surface area contributed by atoms with Crippen LogP contribution in [0.15, 0.2) is 43.1 Å². The predicted octanol–water partition coefficient (Wildman–Crippen LogP) is 2.21. The van der Waals surface area contributed by atoms with Crippen molar-refractivity contribution in [3.8, 4) is 0 Å². The largest absolute Gasteiger partial charge is 0.361 e. The van der Waals surface area contributed by atoms with E-state index in [2.05, 4.69) is 17.6 Å². The third-order valence-electron chi connectivity index (χ3n) is 4.03. The Morgan fingerprint density at radius 3 is 2.95 bits per heavy atom. The summed E-state index contributed by atoms with van der Waals surface area (Å²) in [5.41, 5.74) is 8.34. The molecule has 2 aromatic rings. The number of para-hydroxylation sites is 1. The average Bonchev–Trinajstić information content (AvgIpc) is 3.26. The number of hydrogen-bond acceptors (Lipinski definition) is 2. The van der Waals surface area contributed by atoms with Crippen LogP contribution in [0.3, 0.4) is 0 Å². The Morgan fingerprint density at radius 2 is 2.24 bits per heavy atom. The molecule has 1 aromatic heterocycles. The van der Waals surface area contributed by atoms with Gasteiger partial charge in [0, 0.05) is 29.7 Å². The van der Waals surface area contributed by atoms with Crippen LogP contribution in [0.2, 0.25) is 0 Å². The Hall–Kier alpha value is -2.07. The van der Waals surface area contributed by atoms with Gasteiger partial charge in [0.25, 0.3) is 0 Å². The number of nitrogens with one attached hydrogen (secondary N) is 1. The molecule has 1 saturated carbocycles. The second-order valence-electron chi connectivity index (χ2n) is 5.68. The number of aromatic amines is 1. The summed E-state index contributed by atoms with van der Waals surface area (Å²) in [5.74, 6) is 0.0303. The number of amides is 1. The van der Waals surface area contributed by atoms with Crippen LogP contribution in [0, 0.1) is 0 Å². The lowest BCUT2D eigenvalue weighted by molar-refractivity contribution is -0.132. The molecular weight excluding hydrogens is 262 g/mol. The fourth-order valence-corrected chi connectivity index (χ4v) is 2.78. The van der Waals surface area contributed by atoms with Crippen molar-refractivity contribution < 1.29 is 4.79 Å². The van der Waals surface area contributed by atoms with Gasteiger partial charge in [-0.25, -0.2) is 0 Å². The number of carbonyl (C=O) groups is 1. The van der Waals surface area contributed by atoms with Crippen molar-refractivity contribution in [1.82, 2.24) is 9.88 Å². The van der Waals surface area contributed by atoms with E-state index >= 15 is 0 Å². The molecule has 21 heavy (non-hydrogen) atoms. The summed E-state index contributed by atoms with van der Waals surface area (Å²) >= 11 is 0. The van der Waals surface area contributed by atoms with Crippen molar-refractivity contribution in [3.05, 3.63) is 48.7 Å². The minimum atomic E-state index is -0.496. The highest BCUT2D eigenvalue weighted by Gasteiger charge is 2.34. The molecule has 3 N–H and O–H groups in total. The first kappa shape index (κ1) is 13.9. The van der Waals surface area contributed by atoms with Crippen molar-refractivity contribution >= 4 is 16.8 Å². The summed E-state index contributed by atoms with van der Waals surface area (Å²) in [4.78, 5) is 17.6. The summed E-state index contributed by atoms with van der Waals surface area (Å²) in [7, 11) is 0. The highest BCUT2D eigenvalue weighted by atomic mass is 16.2. The summed E-state index contributed by atoms with van der Waals surface area (Å²) < 4.78 is 0. The molecular formula is C17H21N3O. The number of carbonyl (C=O) groups excluding carboxylic acids is 1. The van der Waals surface area contributed by atoms with Gasteiger partial charge < -0.3 is 15.6 Å². The van der Waals surface area contributed by atoms with Gasteiger partial charge in [-0.1, -0.05) is 24.3 Å². The number of aromatic nitrogens is 1. The normalized spacial score (nSPS) is 15.9. The van der Waals surface area contributed by atoms with Crippen LogP contribution >= 0.6 is 0 Å². The Labute approximate surface area is 124 Å². The number of fused-ring (bicyclic) bond motifs is 1. The van der Waals surface area contributed by atoms with Crippen LogP contribution in [-0.4, -0.2) is 34.4 Å². The lowest BCUT2D eigenvalue weighted by Gasteiger charge is -2.24. The predicted molar refractivity (Wildman–Crippen MR) is 84.9 cm³/mol. The van der Waals surface area contributed by atoms with Gasteiger partial charge in [0.2, 0.25) is 5.91 Å². The van der Waals surface area contributed by atoms with Gasteiger partial charge in [0.15, 0.2) is 0 Å². The molecule has 0 bridgehead atoms. The summed E-state index contributed by atoms with van der Waals surface area (Å²) in [6.45, 7) is 4.32. The molecule has 3 rings (SSSR count). The van der Waals surface area contributed by atoms with Gasteiger partial charge in [-0.05, 0) is 30.9 Å². The molecule has 1 aromatic carbocycles. The Morgan fingerprint density at radius 1 is 1.48 bits per heavy atom. The molecule has 0 saturated heterocycles. The molecule has 0 radical (unpaired) electrons. The first-order valence-electron chi connectivity index (χ1n) is 7.42. The number of nitrogens with zero attached hydrogens (tertiary/aromatic N) is 1. The van der Waals surface area contributed by atoms with Crippen molar-refractivity contribution in [2.75, 3.05) is 6.54 Å². The average molecular weight is 283 g/mol. The van der Waals surface area contributed by atoms with Crippen LogP contribution in [0.1, 0.15) is 18.4 Å². The molecule has 1 aliphatic rings. The van der Waals surface area contributed by atoms with E-state index in [1.807, 2.05) is 29.3 Å². The Balaban J connectivity index is 1.74. The van der Waals surface area contributed by atoms with Crippen LogP contribution in [0.4, 0.5) is 0 Å². The van der Waals surface area contributed by atoms with Crippen LogP contribution in [0.25, 0.3) is 10.9 Å². The number of nitrogens with two attached hydrogens (primary N) is 1. The Kier molecular flexibility index (Phi) is 3.80. The summed E-state index contributed by atoms with van der Waals surface area (Å²) in [6, 6.07) is 7.95. The number of hydrogen-bond donors (Lipinski definition) is 2. The maximum atomic E-state index is 12.5. The van der Waals surface area contributed by atoms with E-state index in [1.54, 1.807) is 6.08 Å². The highest BCUT2D eigenvalue weighted by Crippen LogP contribution is 2.27. The van der Waals surface area contributed by atoms with Gasteiger partial charge in [-0.3, -0.25) is 4.79 Å². The second kappa shape index (κ2) is 5.74. The van der Waals surface area contributed by atoms with E-state index in [0.717, 1.165) is 29.3 Å². The first-order valence-corrected chi connectivity index (χ1v) is 7.42. The molecule has 1 aliphatic carbocycles. The quantitative estimate of drug-likeness (QED) is 0.798. The molecule has 1 unspecified atom stereocenters. The lowest BCUT2D eigenvalue weighted by atomic mass is 10.0. The van der Waals surface area contributed by atoms with Crippen molar-refractivity contribution in [2.45, 2.75) is 31.3 Å². The maximum Gasteiger partial charge on any atom is 0.240 e. The zero-order valence-corrected chi connectivity index (χ0v) is 12.1. The topological polar surface area (TPSA) is 62.1 Å². The Bertz CT molecular complexity index is 657. The smallest absolute Gasteiger partial charge is 0.240 e. The van der Waals surface area contributed by atoms with Crippen LogP contribution < -0.4 is 5.73 Å². The summed E-state index contributed by atoms with van der Waals surface area (Å²) in [6.07, 6.45) is 6.45. The van der Waals surface area contributed by atoms with E-state index in [9.17, 15) is 4.79 Å². The summed E-state index contributed by atoms with van der Waals surface area (Å²) in [5, 5.41) is 1.14. The fraction of sp³-hybridized carbons (Fsp3) is 0.353. The second-order valence-corrected chi connectivity index (χ2v) is 5.68. The van der Waals surface area contributed by atoms with Crippen molar-refractivity contribution in [2.24, 2.45) is 5.73 Å². The zero-order valence-electron chi connectivity index (χ0n) is 12.1. The van der Waals surface area contributed by atoms with Gasteiger partial charge in [-0.2, -0.15) is 0 Å². The molecule has 1 amide bonds. The van der Waals surface area contributed by atoms with E-state index in [4.69, 9.17) is 5.73 Å². The monoisotopic (exact) mass is 283 g/mol. The minimum Gasteiger partial charge on any atom is -0.361 e. The number of benzene rings is 1. The van der Waals surface area contributed by atoms with Gasteiger partial charge in [-0.15, -0.1) is 6.58 Å². The number of rotatable bonds is 6.